The van der Waals surface area contributed by atoms with Gasteiger partial charge in [0.15, 0.2) is 0 Å². The van der Waals surface area contributed by atoms with E-state index in [1.165, 1.54) is 5.69 Å². The van der Waals surface area contributed by atoms with Gasteiger partial charge >= 0.3 is 0 Å². The predicted octanol–water partition coefficient (Wildman–Crippen LogP) is 4.96. The number of rotatable bonds is 7. The number of hydrogen-bond donors (Lipinski definition) is 0. The van der Waals surface area contributed by atoms with Gasteiger partial charge in [-0.25, -0.2) is 0 Å². The van der Waals surface area contributed by atoms with Crippen molar-refractivity contribution < 1.29 is 14.0 Å². The normalized spacial score (nSPS) is 13.9. The second-order valence-corrected chi connectivity index (χ2v) is 7.70. The first-order chi connectivity index (χ1) is 15.9. The van der Waals surface area contributed by atoms with Crippen LogP contribution in [0.4, 0.5) is 5.69 Å². The maximum Gasteiger partial charge on any atom is 0.258 e. The fourth-order valence-electron chi connectivity index (χ4n) is 3.80. The van der Waals surface area contributed by atoms with Crippen molar-refractivity contribution in [2.45, 2.75) is 13.2 Å². The molecule has 4 aromatic rings. The van der Waals surface area contributed by atoms with Crippen molar-refractivity contribution in [2.75, 3.05) is 31.2 Å². The van der Waals surface area contributed by atoms with E-state index in [0.29, 0.717) is 24.9 Å². The van der Waals surface area contributed by atoms with Crippen LogP contribution in [0.25, 0.3) is 22.8 Å². The highest BCUT2D eigenvalue weighted by Crippen LogP contribution is 2.27. The number of nitrogens with zero attached hydrogens (tertiary/aromatic N) is 3. The smallest absolute Gasteiger partial charge is 0.258 e. The van der Waals surface area contributed by atoms with Crippen molar-refractivity contribution in [3.8, 4) is 22.8 Å². The molecule has 0 spiro atoms. The average Bonchev–Trinajstić information content (AvgIpc) is 3.36. The maximum absolute atomic E-state index is 5.93. The largest absolute Gasteiger partial charge is 0.378 e. The standard InChI is InChI=1S/C26H25N3O3/c1-2-6-20(7-3-1)18-31-19-22-8-4-5-9-24(22)26-27-25(28-32-26)21-10-12-23(13-11-21)29-14-16-30-17-15-29/h1-13H,14-19H2. The number of benzene rings is 3. The van der Waals surface area contributed by atoms with Gasteiger partial charge in [-0.05, 0) is 41.5 Å². The summed E-state index contributed by atoms with van der Waals surface area (Å²) < 4.78 is 17.0. The molecule has 0 saturated carbocycles. The monoisotopic (exact) mass is 427 g/mol. The Balaban J connectivity index is 1.29. The molecule has 0 amide bonds. The van der Waals surface area contributed by atoms with Crippen molar-refractivity contribution in [1.82, 2.24) is 10.1 Å². The summed E-state index contributed by atoms with van der Waals surface area (Å²) in [5, 5.41) is 4.21. The molecular weight excluding hydrogens is 402 g/mol. The number of morpholine rings is 1. The summed E-state index contributed by atoms with van der Waals surface area (Å²) in [6, 6.07) is 26.4. The van der Waals surface area contributed by atoms with Gasteiger partial charge in [0, 0.05) is 29.9 Å². The van der Waals surface area contributed by atoms with Crippen LogP contribution < -0.4 is 4.90 Å². The van der Waals surface area contributed by atoms with E-state index >= 15 is 0 Å². The molecule has 1 saturated heterocycles. The Labute approximate surface area is 187 Å². The zero-order valence-electron chi connectivity index (χ0n) is 17.8. The highest BCUT2D eigenvalue weighted by Gasteiger charge is 2.15. The number of hydrogen-bond acceptors (Lipinski definition) is 6. The highest BCUT2D eigenvalue weighted by atomic mass is 16.5. The lowest BCUT2D eigenvalue weighted by Crippen LogP contribution is -2.36. The molecule has 1 fully saturated rings. The molecular formula is C26H25N3O3. The van der Waals surface area contributed by atoms with Crippen molar-refractivity contribution >= 4 is 5.69 Å². The summed E-state index contributed by atoms with van der Waals surface area (Å²) in [6.45, 7) is 4.38. The third-order valence-electron chi connectivity index (χ3n) is 5.54. The predicted molar refractivity (Wildman–Crippen MR) is 123 cm³/mol. The molecule has 0 unspecified atom stereocenters. The summed E-state index contributed by atoms with van der Waals surface area (Å²) in [7, 11) is 0. The minimum absolute atomic E-state index is 0.469. The van der Waals surface area contributed by atoms with Gasteiger partial charge in [0.1, 0.15) is 0 Å². The molecule has 0 aliphatic carbocycles. The van der Waals surface area contributed by atoms with Gasteiger partial charge in [0.05, 0.1) is 26.4 Å². The molecule has 1 aliphatic heterocycles. The van der Waals surface area contributed by atoms with Crippen LogP contribution in [0.3, 0.4) is 0 Å². The second kappa shape index (κ2) is 9.77. The average molecular weight is 428 g/mol. The molecule has 2 heterocycles. The van der Waals surface area contributed by atoms with Crippen molar-refractivity contribution in [3.63, 3.8) is 0 Å². The first kappa shape index (κ1) is 20.4. The van der Waals surface area contributed by atoms with Gasteiger partial charge in [-0.3, -0.25) is 0 Å². The number of aromatic nitrogens is 2. The van der Waals surface area contributed by atoms with E-state index in [4.69, 9.17) is 14.0 Å². The topological polar surface area (TPSA) is 60.6 Å². The molecule has 3 aromatic carbocycles. The van der Waals surface area contributed by atoms with E-state index in [0.717, 1.165) is 48.6 Å². The van der Waals surface area contributed by atoms with Crippen LogP contribution in [0.5, 0.6) is 0 Å². The van der Waals surface area contributed by atoms with Crippen LogP contribution >= 0.6 is 0 Å². The molecule has 162 valence electrons. The summed E-state index contributed by atoms with van der Waals surface area (Å²) in [4.78, 5) is 6.97. The number of ether oxygens (including phenoxy) is 2. The molecule has 0 atom stereocenters. The molecule has 0 bridgehead atoms. The Bertz CT molecular complexity index is 1140. The van der Waals surface area contributed by atoms with E-state index in [1.54, 1.807) is 0 Å². The maximum atomic E-state index is 5.93. The van der Waals surface area contributed by atoms with Gasteiger partial charge in [0.2, 0.25) is 5.82 Å². The van der Waals surface area contributed by atoms with E-state index in [2.05, 4.69) is 39.3 Å². The third-order valence-corrected chi connectivity index (χ3v) is 5.54. The minimum Gasteiger partial charge on any atom is -0.378 e. The fraction of sp³-hybridized carbons (Fsp3) is 0.231. The molecule has 0 radical (unpaired) electrons. The van der Waals surface area contributed by atoms with Crippen LogP contribution in [0.2, 0.25) is 0 Å². The van der Waals surface area contributed by atoms with Crippen LogP contribution in [0.15, 0.2) is 83.4 Å². The molecule has 0 N–H and O–H groups in total. The summed E-state index contributed by atoms with van der Waals surface area (Å²) in [5.74, 6) is 1.07. The second-order valence-electron chi connectivity index (χ2n) is 7.70. The SMILES string of the molecule is c1ccc(COCc2ccccc2-c2nc(-c3ccc(N4CCOCC4)cc3)no2)cc1. The molecule has 5 rings (SSSR count). The summed E-state index contributed by atoms with van der Waals surface area (Å²) in [6.07, 6.45) is 0. The fourth-order valence-corrected chi connectivity index (χ4v) is 3.80. The highest BCUT2D eigenvalue weighted by molar-refractivity contribution is 5.64. The summed E-state index contributed by atoms with van der Waals surface area (Å²) >= 11 is 0. The van der Waals surface area contributed by atoms with E-state index in [1.807, 2.05) is 54.6 Å². The Hall–Kier alpha value is -3.48. The lowest BCUT2D eigenvalue weighted by molar-refractivity contribution is 0.107. The number of anilines is 1. The minimum atomic E-state index is 0.469. The Morgan fingerprint density at radius 1 is 0.812 bits per heavy atom. The third kappa shape index (κ3) is 4.72. The van der Waals surface area contributed by atoms with Gasteiger partial charge in [-0.1, -0.05) is 53.7 Å². The molecule has 1 aromatic heterocycles. The van der Waals surface area contributed by atoms with Gasteiger partial charge in [0.25, 0.3) is 5.89 Å². The molecule has 6 heteroatoms. The quantitative estimate of drug-likeness (QED) is 0.416. The first-order valence-electron chi connectivity index (χ1n) is 10.8. The van der Waals surface area contributed by atoms with Crippen molar-refractivity contribution in [1.29, 1.82) is 0 Å². The van der Waals surface area contributed by atoms with Crippen LogP contribution in [-0.4, -0.2) is 36.4 Å². The van der Waals surface area contributed by atoms with E-state index in [9.17, 15) is 0 Å². The lowest BCUT2D eigenvalue weighted by atomic mass is 10.1. The van der Waals surface area contributed by atoms with Crippen LogP contribution in [-0.2, 0) is 22.7 Å². The Morgan fingerprint density at radius 2 is 1.56 bits per heavy atom. The van der Waals surface area contributed by atoms with E-state index < -0.39 is 0 Å². The van der Waals surface area contributed by atoms with Crippen molar-refractivity contribution in [3.05, 3.63) is 90.0 Å². The van der Waals surface area contributed by atoms with Gasteiger partial charge < -0.3 is 18.9 Å². The molecule has 1 aliphatic rings. The van der Waals surface area contributed by atoms with Crippen LogP contribution in [0, 0.1) is 0 Å². The Kier molecular flexibility index (Phi) is 6.23. The lowest BCUT2D eigenvalue weighted by Gasteiger charge is -2.28. The zero-order valence-corrected chi connectivity index (χ0v) is 17.8. The van der Waals surface area contributed by atoms with Crippen molar-refractivity contribution in [2.24, 2.45) is 0 Å². The molecule has 6 nitrogen and oxygen atoms in total. The van der Waals surface area contributed by atoms with Crippen LogP contribution in [0.1, 0.15) is 11.1 Å². The first-order valence-corrected chi connectivity index (χ1v) is 10.8. The Morgan fingerprint density at radius 3 is 2.38 bits per heavy atom. The van der Waals surface area contributed by atoms with Gasteiger partial charge in [-0.2, -0.15) is 4.98 Å². The zero-order chi connectivity index (χ0) is 21.6. The van der Waals surface area contributed by atoms with E-state index in [-0.39, 0.29) is 0 Å². The summed E-state index contributed by atoms with van der Waals surface area (Å²) in [5.41, 5.74) is 5.16. The van der Waals surface area contributed by atoms with Gasteiger partial charge in [-0.15, -0.1) is 0 Å². The molecule has 32 heavy (non-hydrogen) atoms.